The molecule has 0 aliphatic carbocycles. The normalized spacial score (nSPS) is 13.2. The number of rotatable bonds is 8. The third-order valence-corrected chi connectivity index (χ3v) is 3.20. The molecule has 0 aromatic heterocycles. The number of aliphatic hydroxyl groups excluding tert-OH is 2. The van der Waals surface area contributed by atoms with Gasteiger partial charge in [-0.3, -0.25) is 4.90 Å². The van der Waals surface area contributed by atoms with Crippen molar-refractivity contribution in [1.29, 1.82) is 0 Å². The van der Waals surface area contributed by atoms with Gasteiger partial charge in [0.25, 0.3) is 0 Å². The first-order valence-corrected chi connectivity index (χ1v) is 6.73. The van der Waals surface area contributed by atoms with E-state index in [-0.39, 0.29) is 6.61 Å². The van der Waals surface area contributed by atoms with Crippen molar-refractivity contribution in [2.75, 3.05) is 40.3 Å². The van der Waals surface area contributed by atoms with Gasteiger partial charge in [0.05, 0.1) is 12.7 Å². The zero-order valence-electron chi connectivity index (χ0n) is 12.2. The minimum Gasteiger partial charge on any atom is -0.394 e. The van der Waals surface area contributed by atoms with Gasteiger partial charge in [0.2, 0.25) is 0 Å². The van der Waals surface area contributed by atoms with Crippen molar-refractivity contribution in [3.63, 3.8) is 0 Å². The third-order valence-electron chi connectivity index (χ3n) is 3.20. The quantitative estimate of drug-likeness (QED) is 0.727. The van der Waals surface area contributed by atoms with E-state index in [9.17, 15) is 5.11 Å². The highest BCUT2D eigenvalue weighted by Crippen LogP contribution is 2.10. The number of nitrogens with zero attached hydrogens (tertiary/aromatic N) is 2. The molecular formula is C15H26N2O2. The molecule has 0 saturated carbocycles. The Morgan fingerprint density at radius 3 is 2.42 bits per heavy atom. The predicted molar refractivity (Wildman–Crippen MR) is 78.1 cm³/mol. The molecule has 1 atom stereocenters. The van der Waals surface area contributed by atoms with E-state index in [2.05, 4.69) is 28.9 Å². The molecule has 0 aliphatic rings. The van der Waals surface area contributed by atoms with Crippen LogP contribution in [0, 0.1) is 6.92 Å². The predicted octanol–water partition coefficient (Wildman–Crippen LogP) is 0.712. The second-order valence-electron chi connectivity index (χ2n) is 5.30. The van der Waals surface area contributed by atoms with E-state index in [1.165, 1.54) is 11.1 Å². The average Bonchev–Trinajstić information content (AvgIpc) is 2.38. The summed E-state index contributed by atoms with van der Waals surface area (Å²) in [6.45, 7) is 5.02. The number of benzene rings is 1. The fraction of sp³-hybridized carbons (Fsp3) is 0.600. The average molecular weight is 266 g/mol. The Morgan fingerprint density at radius 1 is 1.16 bits per heavy atom. The van der Waals surface area contributed by atoms with E-state index >= 15 is 0 Å². The SMILES string of the molecule is Cc1ccccc1CN(CCN(C)C)CC(O)CO. The molecule has 1 rings (SSSR count). The van der Waals surface area contributed by atoms with Crippen molar-refractivity contribution >= 4 is 0 Å². The fourth-order valence-electron chi connectivity index (χ4n) is 1.96. The smallest absolute Gasteiger partial charge is 0.0897 e. The zero-order valence-corrected chi connectivity index (χ0v) is 12.2. The first-order valence-electron chi connectivity index (χ1n) is 6.73. The standard InChI is InChI=1S/C15H26N2O2/c1-13-6-4-5-7-14(13)10-17(9-8-16(2)3)11-15(19)12-18/h4-7,15,18-19H,8-12H2,1-3H3. The summed E-state index contributed by atoms with van der Waals surface area (Å²) < 4.78 is 0. The molecule has 0 heterocycles. The monoisotopic (exact) mass is 266 g/mol. The van der Waals surface area contributed by atoms with Crippen LogP contribution in [0.5, 0.6) is 0 Å². The third kappa shape index (κ3) is 6.16. The molecule has 0 amide bonds. The van der Waals surface area contributed by atoms with Crippen molar-refractivity contribution in [1.82, 2.24) is 9.80 Å². The lowest BCUT2D eigenvalue weighted by Gasteiger charge is -2.26. The lowest BCUT2D eigenvalue weighted by Crippen LogP contribution is -2.38. The van der Waals surface area contributed by atoms with Gasteiger partial charge < -0.3 is 15.1 Å². The van der Waals surface area contributed by atoms with Crippen LogP contribution in [0.4, 0.5) is 0 Å². The van der Waals surface area contributed by atoms with E-state index in [0.29, 0.717) is 6.54 Å². The van der Waals surface area contributed by atoms with Crippen LogP contribution >= 0.6 is 0 Å². The molecule has 1 unspecified atom stereocenters. The fourth-order valence-corrected chi connectivity index (χ4v) is 1.96. The molecule has 19 heavy (non-hydrogen) atoms. The molecule has 2 N–H and O–H groups in total. The Labute approximate surface area is 116 Å². The van der Waals surface area contributed by atoms with Gasteiger partial charge in [0, 0.05) is 26.2 Å². The van der Waals surface area contributed by atoms with Crippen molar-refractivity contribution in [3.8, 4) is 0 Å². The van der Waals surface area contributed by atoms with E-state index in [1.54, 1.807) is 0 Å². The maximum absolute atomic E-state index is 9.64. The summed E-state index contributed by atoms with van der Waals surface area (Å²) in [6, 6.07) is 8.28. The number of hydrogen-bond acceptors (Lipinski definition) is 4. The summed E-state index contributed by atoms with van der Waals surface area (Å²) in [5.74, 6) is 0. The molecule has 4 nitrogen and oxygen atoms in total. The first-order chi connectivity index (χ1) is 9.02. The lowest BCUT2D eigenvalue weighted by molar-refractivity contribution is 0.0547. The van der Waals surface area contributed by atoms with Crippen molar-refractivity contribution in [2.45, 2.75) is 19.6 Å². The van der Waals surface area contributed by atoms with Crippen LogP contribution in [0.1, 0.15) is 11.1 Å². The van der Waals surface area contributed by atoms with Crippen LogP contribution < -0.4 is 0 Å². The maximum Gasteiger partial charge on any atom is 0.0897 e. The van der Waals surface area contributed by atoms with Crippen LogP contribution in [0.15, 0.2) is 24.3 Å². The molecule has 0 saturated heterocycles. The Bertz CT molecular complexity index is 369. The van der Waals surface area contributed by atoms with Crippen LogP contribution in [0.25, 0.3) is 0 Å². The van der Waals surface area contributed by atoms with Gasteiger partial charge in [-0.1, -0.05) is 24.3 Å². The summed E-state index contributed by atoms with van der Waals surface area (Å²) in [7, 11) is 4.07. The molecule has 108 valence electrons. The van der Waals surface area contributed by atoms with Crippen LogP contribution in [-0.4, -0.2) is 66.5 Å². The summed E-state index contributed by atoms with van der Waals surface area (Å²) in [5.41, 5.74) is 2.53. The van der Waals surface area contributed by atoms with Crippen LogP contribution in [-0.2, 0) is 6.54 Å². The lowest BCUT2D eigenvalue weighted by atomic mass is 10.1. The van der Waals surface area contributed by atoms with Gasteiger partial charge in [-0.15, -0.1) is 0 Å². The number of likely N-dealkylation sites (N-methyl/N-ethyl adjacent to an activating group) is 1. The van der Waals surface area contributed by atoms with E-state index in [4.69, 9.17) is 5.11 Å². The summed E-state index contributed by atoms with van der Waals surface area (Å²) in [5, 5.41) is 18.6. The highest BCUT2D eigenvalue weighted by atomic mass is 16.3. The van der Waals surface area contributed by atoms with Gasteiger partial charge in [0.15, 0.2) is 0 Å². The maximum atomic E-state index is 9.64. The van der Waals surface area contributed by atoms with E-state index < -0.39 is 6.10 Å². The molecule has 0 fully saturated rings. The number of aryl methyl sites for hydroxylation is 1. The van der Waals surface area contributed by atoms with E-state index in [0.717, 1.165) is 19.6 Å². The van der Waals surface area contributed by atoms with Gasteiger partial charge >= 0.3 is 0 Å². The highest BCUT2D eigenvalue weighted by Gasteiger charge is 2.12. The van der Waals surface area contributed by atoms with Gasteiger partial charge in [0.1, 0.15) is 0 Å². The summed E-state index contributed by atoms with van der Waals surface area (Å²) in [6.07, 6.45) is -0.675. The summed E-state index contributed by atoms with van der Waals surface area (Å²) >= 11 is 0. The van der Waals surface area contributed by atoms with Gasteiger partial charge in [-0.05, 0) is 32.1 Å². The summed E-state index contributed by atoms with van der Waals surface area (Å²) in [4.78, 5) is 4.30. The Hall–Kier alpha value is -0.940. The topological polar surface area (TPSA) is 46.9 Å². The van der Waals surface area contributed by atoms with Gasteiger partial charge in [-0.2, -0.15) is 0 Å². The van der Waals surface area contributed by atoms with Crippen LogP contribution in [0.3, 0.4) is 0 Å². The molecule has 0 radical (unpaired) electrons. The zero-order chi connectivity index (χ0) is 14.3. The molecule has 4 heteroatoms. The molecule has 1 aromatic carbocycles. The molecule has 0 aliphatic heterocycles. The van der Waals surface area contributed by atoms with Crippen LogP contribution in [0.2, 0.25) is 0 Å². The molecule has 0 bridgehead atoms. The van der Waals surface area contributed by atoms with Crippen molar-refractivity contribution in [2.24, 2.45) is 0 Å². The van der Waals surface area contributed by atoms with Crippen molar-refractivity contribution < 1.29 is 10.2 Å². The number of hydrogen-bond donors (Lipinski definition) is 2. The van der Waals surface area contributed by atoms with Crippen molar-refractivity contribution in [3.05, 3.63) is 35.4 Å². The Morgan fingerprint density at radius 2 is 1.84 bits per heavy atom. The largest absolute Gasteiger partial charge is 0.394 e. The second-order valence-corrected chi connectivity index (χ2v) is 5.30. The molecule has 1 aromatic rings. The first kappa shape index (κ1) is 16.1. The Kier molecular flexibility index (Phi) is 7.02. The minimum absolute atomic E-state index is 0.188. The second kappa shape index (κ2) is 8.27. The molecule has 0 spiro atoms. The van der Waals surface area contributed by atoms with E-state index in [1.807, 2.05) is 26.2 Å². The number of aliphatic hydroxyl groups is 2. The Balaban J connectivity index is 2.64. The minimum atomic E-state index is -0.675. The molecular weight excluding hydrogens is 240 g/mol. The van der Waals surface area contributed by atoms with Gasteiger partial charge in [-0.25, -0.2) is 0 Å². The highest BCUT2D eigenvalue weighted by molar-refractivity contribution is 5.25.